The Labute approximate surface area is 65.7 Å². The smallest absolute Gasteiger partial charge is 0.305 e. The Kier molecular flexibility index (Phi) is 5.17. The lowest BCUT2D eigenvalue weighted by atomic mass is 10.1. The van der Waals surface area contributed by atoms with Gasteiger partial charge in [-0.2, -0.15) is 0 Å². The van der Waals surface area contributed by atoms with E-state index in [-0.39, 0.29) is 6.42 Å². The first kappa shape index (κ1) is 9.95. The van der Waals surface area contributed by atoms with E-state index >= 15 is 0 Å². The molecule has 1 atom stereocenters. The van der Waals surface area contributed by atoms with Crippen molar-refractivity contribution in [3.8, 4) is 0 Å². The van der Waals surface area contributed by atoms with Gasteiger partial charge in [0.15, 0.2) is 0 Å². The number of carbonyl (C=O) groups is 1. The average molecular weight is 156 g/mol. The van der Waals surface area contributed by atoms with Gasteiger partial charge >= 0.3 is 5.97 Å². The predicted molar refractivity (Wildman–Crippen MR) is 41.2 cm³/mol. The van der Waals surface area contributed by atoms with Gasteiger partial charge in [0.05, 0.1) is 12.5 Å². The number of hydrogen-bond acceptors (Lipinski definition) is 2. The maximum Gasteiger partial charge on any atom is 0.305 e. The summed E-state index contributed by atoms with van der Waals surface area (Å²) in [5.41, 5.74) is 2.54. The molecule has 0 bridgehead atoms. The first-order valence-corrected chi connectivity index (χ1v) is 3.41. The van der Waals surface area contributed by atoms with Crippen LogP contribution in [0.3, 0.4) is 0 Å². The summed E-state index contributed by atoms with van der Waals surface area (Å²) in [6.45, 7) is 3.34. The summed E-state index contributed by atoms with van der Waals surface area (Å²) in [5, 5.41) is 17.2. The average Bonchev–Trinajstić information content (AvgIpc) is 1.86. The van der Waals surface area contributed by atoms with Crippen LogP contribution >= 0.6 is 0 Å². The second-order valence-corrected chi connectivity index (χ2v) is 2.24. The van der Waals surface area contributed by atoms with Gasteiger partial charge in [0.25, 0.3) is 0 Å². The SMILES string of the molecule is C=C=CCCC(O)CC(=O)O. The van der Waals surface area contributed by atoms with E-state index in [9.17, 15) is 4.79 Å². The largest absolute Gasteiger partial charge is 0.481 e. The fraction of sp³-hybridized carbons (Fsp3) is 0.500. The molecule has 0 radical (unpaired) electrons. The summed E-state index contributed by atoms with van der Waals surface area (Å²) in [4.78, 5) is 10.0. The minimum absolute atomic E-state index is 0.190. The second-order valence-electron chi connectivity index (χ2n) is 2.24. The third-order valence-electron chi connectivity index (χ3n) is 1.20. The summed E-state index contributed by atoms with van der Waals surface area (Å²) in [5.74, 6) is -0.972. The van der Waals surface area contributed by atoms with Crippen molar-refractivity contribution in [2.75, 3.05) is 0 Å². The van der Waals surface area contributed by atoms with Crippen molar-refractivity contribution in [2.24, 2.45) is 0 Å². The van der Waals surface area contributed by atoms with E-state index in [1.807, 2.05) is 0 Å². The third-order valence-corrected chi connectivity index (χ3v) is 1.20. The number of carboxylic acid groups (broad SMARTS) is 1. The molecule has 0 heterocycles. The second kappa shape index (κ2) is 5.71. The van der Waals surface area contributed by atoms with E-state index < -0.39 is 12.1 Å². The lowest BCUT2D eigenvalue weighted by Crippen LogP contribution is -2.11. The Balaban J connectivity index is 3.44. The van der Waals surface area contributed by atoms with Crippen molar-refractivity contribution in [2.45, 2.75) is 25.4 Å². The fourth-order valence-corrected chi connectivity index (χ4v) is 0.681. The van der Waals surface area contributed by atoms with Crippen molar-refractivity contribution >= 4 is 5.97 Å². The maximum atomic E-state index is 10.0. The molecule has 0 fully saturated rings. The highest BCUT2D eigenvalue weighted by Gasteiger charge is 2.07. The highest BCUT2D eigenvalue weighted by molar-refractivity contribution is 5.67. The molecule has 0 spiro atoms. The molecule has 0 amide bonds. The molecular formula is C8H12O3. The van der Waals surface area contributed by atoms with Gasteiger partial charge in [0.2, 0.25) is 0 Å². The van der Waals surface area contributed by atoms with E-state index in [4.69, 9.17) is 10.2 Å². The topological polar surface area (TPSA) is 57.5 Å². The van der Waals surface area contributed by atoms with Crippen molar-refractivity contribution in [3.05, 3.63) is 18.4 Å². The van der Waals surface area contributed by atoms with Crippen LogP contribution in [-0.2, 0) is 4.79 Å². The molecule has 0 aromatic heterocycles. The summed E-state index contributed by atoms with van der Waals surface area (Å²) in [6.07, 6.45) is 1.81. The molecule has 0 aliphatic carbocycles. The molecule has 62 valence electrons. The van der Waals surface area contributed by atoms with Gasteiger partial charge in [0, 0.05) is 0 Å². The molecule has 0 aliphatic heterocycles. The number of rotatable bonds is 5. The molecule has 0 saturated carbocycles. The number of aliphatic hydroxyl groups excluding tert-OH is 1. The molecule has 1 unspecified atom stereocenters. The summed E-state index contributed by atoms with van der Waals surface area (Å²) in [7, 11) is 0. The molecule has 3 nitrogen and oxygen atoms in total. The number of aliphatic carboxylic acids is 1. The highest BCUT2D eigenvalue weighted by atomic mass is 16.4. The Morgan fingerprint density at radius 2 is 2.36 bits per heavy atom. The maximum absolute atomic E-state index is 10.0. The molecule has 0 aromatic rings. The van der Waals surface area contributed by atoms with E-state index in [1.54, 1.807) is 6.08 Å². The van der Waals surface area contributed by atoms with E-state index in [2.05, 4.69) is 12.3 Å². The van der Waals surface area contributed by atoms with Crippen LogP contribution in [0.5, 0.6) is 0 Å². The van der Waals surface area contributed by atoms with Gasteiger partial charge in [-0.1, -0.05) is 6.58 Å². The molecule has 11 heavy (non-hydrogen) atoms. The normalized spacial score (nSPS) is 11.7. The molecule has 0 saturated heterocycles. The van der Waals surface area contributed by atoms with Crippen molar-refractivity contribution < 1.29 is 15.0 Å². The van der Waals surface area contributed by atoms with E-state index in [0.717, 1.165) is 0 Å². The van der Waals surface area contributed by atoms with Gasteiger partial charge in [-0.15, -0.1) is 5.73 Å². The molecule has 0 aliphatic rings. The lowest BCUT2D eigenvalue weighted by Gasteiger charge is -2.03. The molecule has 3 heteroatoms. The van der Waals surface area contributed by atoms with Crippen molar-refractivity contribution in [1.29, 1.82) is 0 Å². The standard InChI is InChI=1S/C8H12O3/c1-2-3-4-5-7(9)6-8(10)11/h3,7,9H,1,4-6H2,(H,10,11). The fourth-order valence-electron chi connectivity index (χ4n) is 0.681. The van der Waals surface area contributed by atoms with Gasteiger partial charge in [-0.3, -0.25) is 4.79 Å². The van der Waals surface area contributed by atoms with Crippen LogP contribution in [0.1, 0.15) is 19.3 Å². The zero-order valence-electron chi connectivity index (χ0n) is 6.29. The van der Waals surface area contributed by atoms with Crippen LogP contribution in [0, 0.1) is 0 Å². The van der Waals surface area contributed by atoms with Crippen LogP contribution in [0.15, 0.2) is 18.4 Å². The van der Waals surface area contributed by atoms with Crippen LogP contribution < -0.4 is 0 Å². The number of hydrogen-bond donors (Lipinski definition) is 2. The van der Waals surface area contributed by atoms with Gasteiger partial charge < -0.3 is 10.2 Å². The van der Waals surface area contributed by atoms with E-state index in [0.29, 0.717) is 12.8 Å². The zero-order chi connectivity index (χ0) is 8.69. The van der Waals surface area contributed by atoms with Crippen LogP contribution in [0.25, 0.3) is 0 Å². The summed E-state index contributed by atoms with van der Waals surface area (Å²) in [6, 6.07) is 0. The molecule has 0 rings (SSSR count). The highest BCUT2D eigenvalue weighted by Crippen LogP contribution is 2.01. The van der Waals surface area contributed by atoms with Crippen LogP contribution in [0.2, 0.25) is 0 Å². The predicted octanol–water partition coefficient (Wildman–Crippen LogP) is 0.943. The third kappa shape index (κ3) is 6.84. The number of allylic oxidation sites excluding steroid dienone is 1. The minimum atomic E-state index is -0.972. The molecule has 2 N–H and O–H groups in total. The minimum Gasteiger partial charge on any atom is -0.481 e. The molecule has 0 aromatic carbocycles. The Bertz CT molecular complexity index is 168. The van der Waals surface area contributed by atoms with Gasteiger partial charge in [-0.25, -0.2) is 0 Å². The van der Waals surface area contributed by atoms with E-state index in [1.165, 1.54) is 0 Å². The number of aliphatic hydroxyl groups is 1. The Hall–Kier alpha value is -1.05. The van der Waals surface area contributed by atoms with Crippen molar-refractivity contribution in [3.63, 3.8) is 0 Å². The zero-order valence-corrected chi connectivity index (χ0v) is 6.29. The summed E-state index contributed by atoms with van der Waals surface area (Å²) < 4.78 is 0. The van der Waals surface area contributed by atoms with Gasteiger partial charge in [-0.05, 0) is 18.9 Å². The first-order valence-electron chi connectivity index (χ1n) is 3.41. The van der Waals surface area contributed by atoms with Crippen molar-refractivity contribution in [1.82, 2.24) is 0 Å². The van der Waals surface area contributed by atoms with Gasteiger partial charge in [0.1, 0.15) is 0 Å². The number of carboxylic acids is 1. The van der Waals surface area contributed by atoms with Crippen LogP contribution in [0.4, 0.5) is 0 Å². The van der Waals surface area contributed by atoms with Crippen LogP contribution in [-0.4, -0.2) is 22.3 Å². The quantitative estimate of drug-likeness (QED) is 0.582. The Morgan fingerprint density at radius 3 is 2.82 bits per heavy atom. The Morgan fingerprint density at radius 1 is 1.73 bits per heavy atom. The first-order chi connectivity index (χ1) is 5.16. The molecular weight excluding hydrogens is 144 g/mol. The monoisotopic (exact) mass is 156 g/mol. The summed E-state index contributed by atoms with van der Waals surface area (Å²) >= 11 is 0. The lowest BCUT2D eigenvalue weighted by molar-refractivity contribution is -0.139.